The number of hydrogen-bond acceptors (Lipinski definition) is 6. The summed E-state index contributed by atoms with van der Waals surface area (Å²) in [7, 11) is -4.62. The summed E-state index contributed by atoms with van der Waals surface area (Å²) < 4.78 is 21.6. The van der Waals surface area contributed by atoms with Gasteiger partial charge in [0, 0.05) is 12.5 Å². The lowest BCUT2D eigenvalue weighted by atomic mass is 10.1. The van der Waals surface area contributed by atoms with Crippen LogP contribution in [0, 0.1) is 0 Å². The Morgan fingerprint density at radius 1 is 1.35 bits per heavy atom. The van der Waals surface area contributed by atoms with E-state index in [0.29, 0.717) is 0 Å². The largest absolute Gasteiger partial charge is 0.477 e. The molecule has 0 saturated carbocycles. The maximum atomic E-state index is 11.0. The van der Waals surface area contributed by atoms with Crippen molar-refractivity contribution >= 4 is 13.8 Å². The number of aromatic carboxylic acids is 1. The van der Waals surface area contributed by atoms with E-state index in [1.54, 1.807) is 0 Å². The number of phosphoric acid groups is 1. The van der Waals surface area contributed by atoms with E-state index in [4.69, 9.17) is 19.6 Å². The van der Waals surface area contributed by atoms with Crippen molar-refractivity contribution in [2.24, 2.45) is 0 Å². The summed E-state index contributed by atoms with van der Waals surface area (Å²) in [5, 5.41) is 28.9. The predicted octanol–water partition coefficient (Wildman–Crippen LogP) is -1.21. The maximum Gasteiger partial charge on any atom is 0.469 e. The Labute approximate surface area is 130 Å². The lowest BCUT2D eigenvalue weighted by molar-refractivity contribution is -0.765. The highest BCUT2D eigenvalue weighted by Gasteiger charge is 2.48. The molecule has 128 valence electrons. The van der Waals surface area contributed by atoms with E-state index in [0.717, 1.165) is 0 Å². The Morgan fingerprint density at radius 2 is 2.04 bits per heavy atom. The molecule has 1 fully saturated rings. The smallest absolute Gasteiger partial charge is 0.469 e. The first-order valence-electron chi connectivity index (χ1n) is 6.65. The second-order valence-corrected chi connectivity index (χ2v) is 6.24. The first-order chi connectivity index (χ1) is 10.7. The number of aliphatic hydroxyl groups is 2. The number of rotatable bonds is 6. The van der Waals surface area contributed by atoms with E-state index >= 15 is 0 Å². The van der Waals surface area contributed by atoms with Gasteiger partial charge in [0.2, 0.25) is 0 Å². The minimum absolute atomic E-state index is 0.0222. The zero-order valence-corrected chi connectivity index (χ0v) is 12.7. The molecule has 4 atom stereocenters. The van der Waals surface area contributed by atoms with Crippen molar-refractivity contribution in [1.82, 2.24) is 0 Å². The number of nitrogens with zero attached hydrogens (tertiary/aromatic N) is 1. The van der Waals surface area contributed by atoms with Crippen LogP contribution in [0.5, 0.6) is 0 Å². The predicted molar refractivity (Wildman–Crippen MR) is 72.1 cm³/mol. The van der Waals surface area contributed by atoms with Crippen LogP contribution in [-0.4, -0.2) is 56.0 Å². The molecule has 0 aromatic carbocycles. The summed E-state index contributed by atoms with van der Waals surface area (Å²) in [6.07, 6.45) is -1.91. The van der Waals surface area contributed by atoms with Crippen LogP contribution in [0.3, 0.4) is 0 Å². The van der Waals surface area contributed by atoms with Gasteiger partial charge in [0.05, 0.1) is 12.7 Å². The van der Waals surface area contributed by atoms with Gasteiger partial charge >= 0.3 is 13.8 Å². The third-order valence-electron chi connectivity index (χ3n) is 3.36. The molecule has 0 aliphatic carbocycles. The normalized spacial score (nSPS) is 28.0. The van der Waals surface area contributed by atoms with Crippen LogP contribution in [-0.2, 0) is 13.8 Å². The van der Waals surface area contributed by atoms with E-state index < -0.39 is 38.3 Å². The lowest BCUT2D eigenvalue weighted by Gasteiger charge is -2.13. The van der Waals surface area contributed by atoms with Crippen LogP contribution in [0.25, 0.3) is 0 Å². The second kappa shape index (κ2) is 7.02. The minimum Gasteiger partial charge on any atom is -0.477 e. The van der Waals surface area contributed by atoms with Crippen molar-refractivity contribution < 1.29 is 48.3 Å². The molecule has 10 nitrogen and oxygen atoms in total. The molecule has 11 heteroatoms. The summed E-state index contributed by atoms with van der Waals surface area (Å²) in [6.45, 7) is -0.370. The molecule has 2 heterocycles. The number of pyridine rings is 1. The highest BCUT2D eigenvalue weighted by atomic mass is 31.2. The third kappa shape index (κ3) is 4.55. The molecule has 1 saturated heterocycles. The molecule has 0 spiro atoms. The fourth-order valence-corrected chi connectivity index (χ4v) is 2.62. The Morgan fingerprint density at radius 3 is 2.65 bits per heavy atom. The minimum atomic E-state index is -4.62. The molecule has 0 radical (unpaired) electrons. The van der Waals surface area contributed by atoms with Gasteiger partial charge in [-0.25, -0.2) is 9.36 Å². The third-order valence-corrected chi connectivity index (χ3v) is 3.88. The molecular weight excluding hydrogens is 333 g/mol. The van der Waals surface area contributed by atoms with Crippen LogP contribution < -0.4 is 4.57 Å². The molecule has 0 bridgehead atoms. The summed E-state index contributed by atoms with van der Waals surface area (Å²) >= 11 is 0. The molecule has 23 heavy (non-hydrogen) atoms. The van der Waals surface area contributed by atoms with E-state index in [1.165, 1.54) is 29.1 Å². The van der Waals surface area contributed by atoms with Gasteiger partial charge in [0.25, 0.3) is 6.23 Å². The first-order valence-corrected chi connectivity index (χ1v) is 8.18. The molecule has 1 aromatic rings. The van der Waals surface area contributed by atoms with Crippen molar-refractivity contribution in [3.63, 3.8) is 0 Å². The molecule has 1 aliphatic rings. The van der Waals surface area contributed by atoms with Crippen molar-refractivity contribution in [3.8, 4) is 0 Å². The number of ether oxygens (including phenoxy) is 1. The summed E-state index contributed by atoms with van der Waals surface area (Å²) in [5.74, 6) is -1.15. The van der Waals surface area contributed by atoms with Gasteiger partial charge in [0.1, 0.15) is 11.7 Å². The number of aliphatic hydroxyl groups excluding tert-OH is 2. The van der Waals surface area contributed by atoms with Crippen molar-refractivity contribution in [2.45, 2.75) is 31.0 Å². The topological polar surface area (TPSA) is 158 Å². The van der Waals surface area contributed by atoms with E-state index in [1.807, 2.05) is 0 Å². The number of phosphoric ester groups is 1. The fraction of sp³-hybridized carbons (Fsp3) is 0.500. The summed E-state index contributed by atoms with van der Waals surface area (Å²) in [5.41, 5.74) is -0.0222. The first kappa shape index (κ1) is 18.0. The average Bonchev–Trinajstić information content (AvgIpc) is 2.74. The molecule has 0 amide bonds. The number of carboxylic acid groups (broad SMARTS) is 1. The molecular formula is C12H17NO9P+. The molecule has 5 N–H and O–H groups in total. The number of hydrogen-bond donors (Lipinski definition) is 5. The van der Waals surface area contributed by atoms with Gasteiger partial charge < -0.3 is 29.8 Å². The molecule has 1 aromatic heterocycles. The van der Waals surface area contributed by atoms with E-state index in [-0.39, 0.29) is 18.6 Å². The number of carboxylic acids is 1. The molecule has 0 unspecified atom stereocenters. The van der Waals surface area contributed by atoms with Crippen LogP contribution in [0.15, 0.2) is 24.5 Å². The van der Waals surface area contributed by atoms with Crippen molar-refractivity contribution in [3.05, 3.63) is 30.1 Å². The summed E-state index contributed by atoms with van der Waals surface area (Å²) in [6, 6.07) is 2.82. The quantitative estimate of drug-likeness (QED) is 0.313. The SMILES string of the molecule is O=C(O)c1ccc[n+]([C@@H]2O[C@H](CCOP(=O)(O)O)[C@@H](O)[C@H]2O)c1. The van der Waals surface area contributed by atoms with Gasteiger partial charge in [-0.3, -0.25) is 4.52 Å². The average molecular weight is 350 g/mol. The van der Waals surface area contributed by atoms with Gasteiger partial charge in [-0.15, -0.1) is 0 Å². The zero-order chi connectivity index (χ0) is 17.2. The lowest BCUT2D eigenvalue weighted by Crippen LogP contribution is -2.46. The monoisotopic (exact) mass is 350 g/mol. The Hall–Kier alpha value is -1.39. The Balaban J connectivity index is 2.06. The highest BCUT2D eigenvalue weighted by molar-refractivity contribution is 7.46. The van der Waals surface area contributed by atoms with Crippen molar-refractivity contribution in [2.75, 3.05) is 6.61 Å². The van der Waals surface area contributed by atoms with Gasteiger partial charge in [0.15, 0.2) is 18.5 Å². The van der Waals surface area contributed by atoms with E-state index in [9.17, 15) is 19.6 Å². The van der Waals surface area contributed by atoms with Crippen molar-refractivity contribution in [1.29, 1.82) is 0 Å². The second-order valence-electron chi connectivity index (χ2n) is 5.00. The van der Waals surface area contributed by atoms with Gasteiger partial charge in [-0.1, -0.05) is 0 Å². The fourth-order valence-electron chi connectivity index (χ4n) is 2.28. The van der Waals surface area contributed by atoms with E-state index in [2.05, 4.69) is 4.52 Å². The Kier molecular flexibility index (Phi) is 5.48. The van der Waals surface area contributed by atoms with Gasteiger partial charge in [-0.2, -0.15) is 4.57 Å². The highest BCUT2D eigenvalue weighted by Crippen LogP contribution is 2.36. The number of carbonyl (C=O) groups is 1. The maximum absolute atomic E-state index is 11.0. The number of aromatic nitrogens is 1. The van der Waals surface area contributed by atoms with Crippen LogP contribution in [0.4, 0.5) is 0 Å². The van der Waals surface area contributed by atoms with Crippen LogP contribution in [0.1, 0.15) is 23.0 Å². The van der Waals surface area contributed by atoms with Crippen LogP contribution in [0.2, 0.25) is 0 Å². The standard InChI is InChI=1S/C12H16NO9P/c14-9-8(3-5-21-23(18,19)20)22-11(10(9)15)13-4-1-2-7(6-13)12(16)17/h1-2,4,6,8-11,14-15H,3,5H2,(H2-,16,17,18,19,20)/p+1/t8-,9-,10-,11-/m1/s1. The molecule has 1 aliphatic heterocycles. The zero-order valence-electron chi connectivity index (χ0n) is 11.8. The van der Waals surface area contributed by atoms with Gasteiger partial charge in [-0.05, 0) is 6.07 Å². The molecule has 2 rings (SSSR count). The Bertz CT molecular complexity index is 618. The van der Waals surface area contributed by atoms with Crippen LogP contribution >= 0.6 is 7.82 Å². The summed E-state index contributed by atoms with van der Waals surface area (Å²) in [4.78, 5) is 28.2.